The van der Waals surface area contributed by atoms with Gasteiger partial charge in [0.2, 0.25) is 0 Å². The Morgan fingerprint density at radius 3 is 2.48 bits per heavy atom. The van der Waals surface area contributed by atoms with Crippen LogP contribution in [0.1, 0.15) is 34.5 Å². The number of rotatable bonds is 6. The summed E-state index contributed by atoms with van der Waals surface area (Å²) < 4.78 is 1.99. The molecule has 2 aromatic rings. The van der Waals surface area contributed by atoms with E-state index in [1.807, 2.05) is 11.7 Å². The summed E-state index contributed by atoms with van der Waals surface area (Å²) in [5, 5.41) is 7.98. The van der Waals surface area contributed by atoms with Crippen molar-refractivity contribution >= 4 is 0 Å². The topological polar surface area (TPSA) is 29.9 Å². The van der Waals surface area contributed by atoms with Gasteiger partial charge in [-0.1, -0.05) is 24.3 Å². The maximum Gasteiger partial charge on any atom is 0.0628 e. The number of nitrogens with one attached hydrogen (secondary N) is 1. The van der Waals surface area contributed by atoms with E-state index in [1.54, 1.807) is 0 Å². The van der Waals surface area contributed by atoms with Crippen molar-refractivity contribution in [3.63, 3.8) is 0 Å². The molecule has 0 radical (unpaired) electrons. The smallest absolute Gasteiger partial charge is 0.0628 e. The lowest BCUT2D eigenvalue weighted by Gasteiger charge is -2.17. The van der Waals surface area contributed by atoms with Gasteiger partial charge in [0.1, 0.15) is 0 Å². The molecular formula is C18H27N3. The quantitative estimate of drug-likeness (QED) is 0.884. The molecule has 0 aliphatic rings. The molecule has 0 amide bonds. The average Bonchev–Trinajstić information content (AvgIpc) is 2.71. The van der Waals surface area contributed by atoms with Gasteiger partial charge in [0.05, 0.1) is 5.69 Å². The fourth-order valence-corrected chi connectivity index (χ4v) is 2.95. The van der Waals surface area contributed by atoms with E-state index in [-0.39, 0.29) is 0 Å². The van der Waals surface area contributed by atoms with Gasteiger partial charge in [0.15, 0.2) is 0 Å². The summed E-state index contributed by atoms with van der Waals surface area (Å²) in [5.74, 6) is 0. The van der Waals surface area contributed by atoms with E-state index in [1.165, 1.54) is 28.1 Å². The average molecular weight is 285 g/mol. The van der Waals surface area contributed by atoms with E-state index < -0.39 is 0 Å². The Bertz CT molecular complexity index is 599. The molecule has 2 rings (SSSR count). The molecule has 1 aromatic carbocycles. The molecule has 1 heterocycles. The lowest BCUT2D eigenvalue weighted by molar-refractivity contribution is 0.518. The Kier molecular flexibility index (Phi) is 5.18. The fourth-order valence-electron chi connectivity index (χ4n) is 2.95. The summed E-state index contributed by atoms with van der Waals surface area (Å²) in [6, 6.07) is 9.17. The molecule has 0 aliphatic heterocycles. The molecule has 0 saturated carbocycles. The van der Waals surface area contributed by atoms with Gasteiger partial charge in [-0.05, 0) is 63.8 Å². The summed E-state index contributed by atoms with van der Waals surface area (Å²) in [7, 11) is 4.08. The number of likely N-dealkylation sites (N-methyl/N-ethyl adjacent to an activating group) is 1. The normalized spacial score (nSPS) is 12.6. The highest BCUT2D eigenvalue weighted by molar-refractivity contribution is 5.27. The molecule has 1 N–H and O–H groups in total. The minimum absolute atomic E-state index is 0.505. The predicted molar refractivity (Wildman–Crippen MR) is 88.7 cm³/mol. The summed E-state index contributed by atoms with van der Waals surface area (Å²) in [6.07, 6.45) is 3.31. The molecular weight excluding hydrogens is 258 g/mol. The third-order valence-corrected chi connectivity index (χ3v) is 4.54. The first-order valence-electron chi connectivity index (χ1n) is 7.73. The Balaban J connectivity index is 2.01. The van der Waals surface area contributed by atoms with Crippen molar-refractivity contribution in [3.05, 3.63) is 52.3 Å². The van der Waals surface area contributed by atoms with Crippen LogP contribution in [0.3, 0.4) is 0 Å². The van der Waals surface area contributed by atoms with Crippen molar-refractivity contribution in [1.29, 1.82) is 0 Å². The molecule has 1 unspecified atom stereocenters. The highest BCUT2D eigenvalue weighted by atomic mass is 15.3. The van der Waals surface area contributed by atoms with Gasteiger partial charge >= 0.3 is 0 Å². The van der Waals surface area contributed by atoms with Gasteiger partial charge < -0.3 is 5.32 Å². The van der Waals surface area contributed by atoms with Gasteiger partial charge in [-0.2, -0.15) is 5.10 Å². The molecule has 0 saturated heterocycles. The molecule has 0 fully saturated rings. The maximum absolute atomic E-state index is 4.51. The van der Waals surface area contributed by atoms with E-state index in [9.17, 15) is 0 Å². The Hall–Kier alpha value is -1.61. The summed E-state index contributed by atoms with van der Waals surface area (Å²) in [5.41, 5.74) is 6.68. The molecule has 1 aromatic heterocycles. The van der Waals surface area contributed by atoms with Gasteiger partial charge in [0.25, 0.3) is 0 Å². The van der Waals surface area contributed by atoms with Crippen LogP contribution in [0, 0.1) is 20.8 Å². The van der Waals surface area contributed by atoms with Crippen LogP contribution in [0.25, 0.3) is 0 Å². The van der Waals surface area contributed by atoms with Crippen molar-refractivity contribution in [2.45, 2.75) is 46.1 Å². The Morgan fingerprint density at radius 1 is 1.19 bits per heavy atom. The second kappa shape index (κ2) is 6.90. The van der Waals surface area contributed by atoms with E-state index in [0.29, 0.717) is 6.04 Å². The van der Waals surface area contributed by atoms with E-state index >= 15 is 0 Å². The Labute approximate surface area is 128 Å². The molecule has 3 heteroatoms. The van der Waals surface area contributed by atoms with Crippen molar-refractivity contribution in [2.24, 2.45) is 7.05 Å². The minimum Gasteiger partial charge on any atom is -0.317 e. The van der Waals surface area contributed by atoms with Gasteiger partial charge in [-0.3, -0.25) is 4.68 Å². The van der Waals surface area contributed by atoms with Crippen molar-refractivity contribution in [3.8, 4) is 0 Å². The second-order valence-corrected chi connectivity index (χ2v) is 5.93. The van der Waals surface area contributed by atoms with Crippen LogP contribution >= 0.6 is 0 Å². The Morgan fingerprint density at radius 2 is 1.90 bits per heavy atom. The first-order valence-corrected chi connectivity index (χ1v) is 7.73. The van der Waals surface area contributed by atoms with Crippen LogP contribution in [0.2, 0.25) is 0 Å². The summed E-state index contributed by atoms with van der Waals surface area (Å²) >= 11 is 0. The lowest BCUT2D eigenvalue weighted by Crippen LogP contribution is -2.28. The third kappa shape index (κ3) is 3.73. The molecule has 114 valence electrons. The number of hydrogen-bond acceptors (Lipinski definition) is 2. The number of benzene rings is 1. The maximum atomic E-state index is 4.51. The van der Waals surface area contributed by atoms with Crippen LogP contribution in [0.4, 0.5) is 0 Å². The monoisotopic (exact) mass is 285 g/mol. The zero-order chi connectivity index (χ0) is 15.4. The zero-order valence-electron chi connectivity index (χ0n) is 13.9. The van der Waals surface area contributed by atoms with Crippen molar-refractivity contribution in [1.82, 2.24) is 15.1 Å². The largest absolute Gasteiger partial charge is 0.317 e. The molecule has 3 nitrogen and oxygen atoms in total. The van der Waals surface area contributed by atoms with Crippen LogP contribution in [-0.4, -0.2) is 22.9 Å². The lowest BCUT2D eigenvalue weighted by atomic mass is 9.96. The first kappa shape index (κ1) is 15.8. The SMILES string of the molecule is CNC(CCc1c(C)nn(C)c1C)Cc1ccccc1C. The van der Waals surface area contributed by atoms with E-state index in [4.69, 9.17) is 0 Å². The number of aromatic nitrogens is 2. The molecule has 0 spiro atoms. The molecule has 21 heavy (non-hydrogen) atoms. The fraction of sp³-hybridized carbons (Fsp3) is 0.500. The first-order chi connectivity index (χ1) is 10.0. The predicted octanol–water partition coefficient (Wildman–Crippen LogP) is 3.11. The van der Waals surface area contributed by atoms with Gasteiger partial charge in [0, 0.05) is 18.8 Å². The van der Waals surface area contributed by atoms with Crippen LogP contribution < -0.4 is 5.32 Å². The zero-order valence-corrected chi connectivity index (χ0v) is 13.9. The number of aryl methyl sites for hydroxylation is 3. The summed E-state index contributed by atoms with van der Waals surface area (Å²) in [6.45, 7) is 6.46. The number of hydrogen-bond donors (Lipinski definition) is 1. The van der Waals surface area contributed by atoms with Crippen LogP contribution in [-0.2, 0) is 19.9 Å². The third-order valence-electron chi connectivity index (χ3n) is 4.54. The van der Waals surface area contributed by atoms with Crippen molar-refractivity contribution in [2.75, 3.05) is 7.05 Å². The summed E-state index contributed by atoms with van der Waals surface area (Å²) in [4.78, 5) is 0. The van der Waals surface area contributed by atoms with Crippen LogP contribution in [0.15, 0.2) is 24.3 Å². The van der Waals surface area contributed by atoms with Crippen molar-refractivity contribution < 1.29 is 0 Å². The molecule has 0 bridgehead atoms. The van der Waals surface area contributed by atoms with E-state index in [0.717, 1.165) is 19.3 Å². The highest BCUT2D eigenvalue weighted by Crippen LogP contribution is 2.17. The van der Waals surface area contributed by atoms with Crippen LogP contribution in [0.5, 0.6) is 0 Å². The van der Waals surface area contributed by atoms with Gasteiger partial charge in [-0.25, -0.2) is 0 Å². The second-order valence-electron chi connectivity index (χ2n) is 5.93. The molecule has 0 aliphatic carbocycles. The minimum atomic E-state index is 0.505. The standard InChI is InChI=1S/C18H27N3/c1-13-8-6-7-9-16(13)12-17(19-4)10-11-18-14(2)20-21(5)15(18)3/h6-9,17,19H,10-12H2,1-5H3. The van der Waals surface area contributed by atoms with Gasteiger partial charge in [-0.15, -0.1) is 0 Å². The highest BCUT2D eigenvalue weighted by Gasteiger charge is 2.13. The number of nitrogens with zero attached hydrogens (tertiary/aromatic N) is 2. The van der Waals surface area contributed by atoms with E-state index in [2.05, 4.69) is 62.5 Å². The molecule has 1 atom stereocenters.